The Balaban J connectivity index is 0.000000132. The first-order valence-electron chi connectivity index (χ1n) is 37.6. The number of benzene rings is 17. The first-order valence-corrected chi connectivity index (χ1v) is 37.6. The summed E-state index contributed by atoms with van der Waals surface area (Å²) >= 11 is 0. The number of para-hydroxylation sites is 4. The molecule has 24 rings (SSSR count). The topological polar surface area (TPSA) is 37.7 Å². The molecule has 3 aromatic heterocycles. The second-order valence-electron chi connectivity index (χ2n) is 29.2. The maximum absolute atomic E-state index is 6.57. The maximum atomic E-state index is 6.57. The highest BCUT2D eigenvalue weighted by Gasteiger charge is 2.54. The number of furan rings is 2. The highest BCUT2D eigenvalue weighted by molar-refractivity contribution is 6.13. The third-order valence-electron chi connectivity index (χ3n) is 23.9. The lowest BCUT2D eigenvalue weighted by atomic mass is 9.70. The fourth-order valence-corrected chi connectivity index (χ4v) is 19.6. The standard InChI is InChI=1S/C55H34N2O.C49H31NO/c1-2-15-35(16-3-1)57-49-26-12-7-19-40(49)44-33-36(30-32-50(44)57)56(37-29-31-42-41-20-8-13-28-52(41)58-53(42)34-37)51-27-14-25-48-54(51)43-21-6-11-24-47(43)55(48)45-22-9-4-17-38(45)39-18-5-10-23-46(39)55;1-2-13-32(14-3-1)33-25-27-34(28-26-33)50(35-29-30-39-38-17-7-11-24-46(38)51-47(39)31-35)45-23-12-22-44-48(45)40-18-6-10-21-43(40)49(44)41-19-8-4-15-36(41)37-16-5-9-20-42(37)49/h1-34H;1-31H. The molecule has 4 aliphatic carbocycles. The average molecular weight is 1390 g/mol. The van der Waals surface area contributed by atoms with Crippen molar-refractivity contribution in [3.8, 4) is 61.3 Å². The normalized spacial score (nSPS) is 13.3. The van der Waals surface area contributed by atoms with Crippen LogP contribution in [0.15, 0.2) is 403 Å². The van der Waals surface area contributed by atoms with Crippen molar-refractivity contribution in [2.75, 3.05) is 9.80 Å². The van der Waals surface area contributed by atoms with Crippen LogP contribution in [0.5, 0.6) is 0 Å². The molecule has 4 aliphatic rings. The minimum absolute atomic E-state index is 0.416. The third kappa shape index (κ3) is 8.67. The summed E-state index contributed by atoms with van der Waals surface area (Å²) in [7, 11) is 0. The summed E-state index contributed by atoms with van der Waals surface area (Å²) in [4.78, 5) is 4.88. The zero-order valence-electron chi connectivity index (χ0n) is 59.2. The van der Waals surface area contributed by atoms with E-state index in [1.807, 2.05) is 18.2 Å². The van der Waals surface area contributed by atoms with Gasteiger partial charge in [-0.2, -0.15) is 0 Å². The first-order chi connectivity index (χ1) is 54.1. The van der Waals surface area contributed by atoms with Gasteiger partial charge in [0.25, 0.3) is 0 Å². The Bertz CT molecular complexity index is 7050. The predicted octanol–water partition coefficient (Wildman–Crippen LogP) is 27.6. The molecule has 508 valence electrons. The predicted molar refractivity (Wildman–Crippen MR) is 449 cm³/mol. The van der Waals surface area contributed by atoms with Crippen molar-refractivity contribution in [2.45, 2.75) is 10.8 Å². The van der Waals surface area contributed by atoms with E-state index in [0.717, 1.165) is 83.7 Å². The zero-order valence-corrected chi connectivity index (χ0v) is 59.2. The number of anilines is 6. The second kappa shape index (κ2) is 23.6. The number of fused-ring (bicyclic) bond motifs is 29. The van der Waals surface area contributed by atoms with Gasteiger partial charge in [0.2, 0.25) is 0 Å². The van der Waals surface area contributed by atoms with Crippen LogP contribution in [0.3, 0.4) is 0 Å². The van der Waals surface area contributed by atoms with Gasteiger partial charge in [0, 0.05) is 84.0 Å². The molecule has 0 radical (unpaired) electrons. The number of hydrogen-bond donors (Lipinski definition) is 0. The van der Waals surface area contributed by atoms with Crippen molar-refractivity contribution in [3.05, 3.63) is 439 Å². The van der Waals surface area contributed by atoms with Gasteiger partial charge >= 0.3 is 0 Å². The summed E-state index contributed by atoms with van der Waals surface area (Å²) in [6.07, 6.45) is 0. The van der Waals surface area contributed by atoms with Gasteiger partial charge < -0.3 is 23.2 Å². The Labute approximate surface area is 630 Å². The molecule has 17 aromatic carbocycles. The number of rotatable bonds is 8. The van der Waals surface area contributed by atoms with Gasteiger partial charge in [-0.25, -0.2) is 0 Å². The lowest BCUT2D eigenvalue weighted by Gasteiger charge is -2.31. The van der Waals surface area contributed by atoms with E-state index >= 15 is 0 Å². The molecule has 0 aliphatic heterocycles. The molecular weight excluding hydrogens is 1320 g/mol. The van der Waals surface area contributed by atoms with Gasteiger partial charge in [-0.05, 0) is 186 Å². The van der Waals surface area contributed by atoms with E-state index < -0.39 is 10.8 Å². The van der Waals surface area contributed by atoms with Crippen molar-refractivity contribution >= 4 is 99.8 Å². The van der Waals surface area contributed by atoms with Crippen molar-refractivity contribution in [1.29, 1.82) is 0 Å². The number of nitrogens with zero attached hydrogens (tertiary/aromatic N) is 3. The fourth-order valence-electron chi connectivity index (χ4n) is 19.6. The Morgan fingerprint density at radius 3 is 1.05 bits per heavy atom. The summed E-state index contributed by atoms with van der Waals surface area (Å²) in [5.41, 5.74) is 36.0. The largest absolute Gasteiger partial charge is 0.456 e. The van der Waals surface area contributed by atoms with E-state index in [1.165, 1.54) is 122 Å². The highest BCUT2D eigenvalue weighted by Crippen LogP contribution is 2.67. The van der Waals surface area contributed by atoms with Gasteiger partial charge in [-0.3, -0.25) is 0 Å². The molecule has 2 spiro atoms. The van der Waals surface area contributed by atoms with E-state index in [2.05, 4.69) is 390 Å². The fraction of sp³-hybridized carbons (Fsp3) is 0.0192. The lowest BCUT2D eigenvalue weighted by Crippen LogP contribution is -2.26. The van der Waals surface area contributed by atoms with Crippen LogP contribution >= 0.6 is 0 Å². The quantitative estimate of drug-likeness (QED) is 0.152. The van der Waals surface area contributed by atoms with Crippen LogP contribution in [-0.4, -0.2) is 4.57 Å². The van der Waals surface area contributed by atoms with Crippen molar-refractivity contribution in [2.24, 2.45) is 0 Å². The zero-order chi connectivity index (χ0) is 71.5. The van der Waals surface area contributed by atoms with E-state index in [0.29, 0.717) is 0 Å². The smallest absolute Gasteiger partial charge is 0.137 e. The SMILES string of the molecule is c1ccc(-c2ccc(N(c3ccc4c(c3)oc3ccccc34)c3cccc4c3-c3ccccc3C43c4ccccc4-c4ccccc43)cc2)cc1.c1ccc(-n2c3ccccc3c3cc(N(c4ccc5c(c4)oc4ccccc45)c4cccc5c4-c4ccccc4C54c5ccccc5-c5ccccc54)ccc32)cc1. The highest BCUT2D eigenvalue weighted by atomic mass is 16.3. The molecule has 0 N–H and O–H groups in total. The third-order valence-corrected chi connectivity index (χ3v) is 23.9. The van der Waals surface area contributed by atoms with Crippen molar-refractivity contribution < 1.29 is 8.83 Å². The van der Waals surface area contributed by atoms with Crippen LogP contribution in [-0.2, 0) is 10.8 Å². The monoisotopic (exact) mass is 1390 g/mol. The Hall–Kier alpha value is -14.3. The van der Waals surface area contributed by atoms with Crippen molar-refractivity contribution in [3.63, 3.8) is 0 Å². The number of aromatic nitrogens is 1. The molecule has 20 aromatic rings. The summed E-state index contributed by atoms with van der Waals surface area (Å²) in [5, 5.41) is 6.92. The molecule has 3 heterocycles. The minimum Gasteiger partial charge on any atom is -0.456 e. The van der Waals surface area contributed by atoms with Crippen LogP contribution < -0.4 is 9.80 Å². The van der Waals surface area contributed by atoms with Gasteiger partial charge in [0.15, 0.2) is 0 Å². The first kappa shape index (κ1) is 61.1. The van der Waals surface area contributed by atoms with E-state index in [4.69, 9.17) is 8.83 Å². The molecule has 0 atom stereocenters. The Morgan fingerprint density at radius 2 is 0.550 bits per heavy atom. The van der Waals surface area contributed by atoms with Crippen LogP contribution in [0.2, 0.25) is 0 Å². The van der Waals surface area contributed by atoms with Gasteiger partial charge in [0.05, 0.1) is 33.2 Å². The molecule has 109 heavy (non-hydrogen) atoms. The molecule has 0 fully saturated rings. The summed E-state index contributed by atoms with van der Waals surface area (Å²) in [5.74, 6) is 0. The molecule has 0 saturated carbocycles. The maximum Gasteiger partial charge on any atom is 0.137 e. The van der Waals surface area contributed by atoms with Crippen LogP contribution in [0.1, 0.15) is 44.5 Å². The van der Waals surface area contributed by atoms with Crippen LogP contribution in [0.4, 0.5) is 34.1 Å². The van der Waals surface area contributed by atoms with Gasteiger partial charge in [0.1, 0.15) is 22.3 Å². The molecular formula is C104H65N3O2. The average Bonchev–Trinajstić information content (AvgIpc) is 1.51. The van der Waals surface area contributed by atoms with Crippen LogP contribution in [0.25, 0.3) is 127 Å². The second-order valence-corrected chi connectivity index (χ2v) is 29.2. The molecule has 0 saturated heterocycles. The summed E-state index contributed by atoms with van der Waals surface area (Å²) in [6.45, 7) is 0. The van der Waals surface area contributed by atoms with Crippen LogP contribution in [0, 0.1) is 0 Å². The molecule has 0 bridgehead atoms. The Morgan fingerprint density at radius 1 is 0.211 bits per heavy atom. The Kier molecular flexibility index (Phi) is 13.2. The molecule has 5 heteroatoms. The number of hydrogen-bond acceptors (Lipinski definition) is 4. The molecule has 5 nitrogen and oxygen atoms in total. The van der Waals surface area contributed by atoms with Gasteiger partial charge in [-0.15, -0.1) is 0 Å². The van der Waals surface area contributed by atoms with E-state index in [9.17, 15) is 0 Å². The van der Waals surface area contributed by atoms with E-state index in [1.54, 1.807) is 0 Å². The van der Waals surface area contributed by atoms with E-state index in [-0.39, 0.29) is 0 Å². The van der Waals surface area contributed by atoms with Gasteiger partial charge in [-0.1, -0.05) is 285 Å². The lowest BCUT2D eigenvalue weighted by molar-refractivity contribution is 0.668. The summed E-state index contributed by atoms with van der Waals surface area (Å²) in [6, 6.07) is 144. The van der Waals surface area contributed by atoms with Crippen molar-refractivity contribution in [1.82, 2.24) is 4.57 Å². The minimum atomic E-state index is -0.448. The summed E-state index contributed by atoms with van der Waals surface area (Å²) < 4.78 is 15.4. The molecule has 0 amide bonds. The molecule has 0 unspecified atom stereocenters.